The quantitative estimate of drug-likeness (QED) is 0.739. The second kappa shape index (κ2) is 6.57. The molecule has 0 radical (unpaired) electrons. The zero-order valence-electron chi connectivity index (χ0n) is 13.8. The van der Waals surface area contributed by atoms with E-state index in [9.17, 15) is 9.59 Å². The summed E-state index contributed by atoms with van der Waals surface area (Å²) in [5.74, 6) is 0.807. The minimum atomic E-state index is -0.507. The molecule has 3 atom stereocenters. The molecule has 0 unspecified atom stereocenters. The Hall–Kier alpha value is -1.47. The molecular formula is C16H23N3O3S. The van der Waals surface area contributed by atoms with Gasteiger partial charge >= 0.3 is 5.97 Å². The first-order valence-corrected chi connectivity index (χ1v) is 8.90. The molecule has 0 N–H and O–H groups in total. The first-order valence-electron chi connectivity index (χ1n) is 8.09. The lowest BCUT2D eigenvalue weighted by Gasteiger charge is -2.41. The maximum Gasteiger partial charge on any atom is 0.332 e. The Bertz CT molecular complexity index is 767. The Kier molecular flexibility index (Phi) is 4.68. The molecule has 1 aromatic rings. The lowest BCUT2D eigenvalue weighted by Crippen LogP contribution is -2.50. The van der Waals surface area contributed by atoms with Gasteiger partial charge in [-0.25, -0.2) is 9.79 Å². The van der Waals surface area contributed by atoms with E-state index in [2.05, 4.69) is 28.5 Å². The van der Waals surface area contributed by atoms with Crippen molar-refractivity contribution in [3.8, 4) is 0 Å². The first-order chi connectivity index (χ1) is 11.0. The molecule has 1 fully saturated rings. The number of hydrogen-bond donors (Lipinski definition) is 0. The minimum Gasteiger partial charge on any atom is -0.466 e. The number of ether oxygens (including phenoxy) is 1. The SMILES string of the molecule is COC(=O)/C=c1\sc2n(c1=O)CN([C@@H]1CCC[C@H](C)[C@@H]1C)CN=2. The van der Waals surface area contributed by atoms with E-state index in [1.165, 1.54) is 37.4 Å². The Balaban J connectivity index is 1.88. The van der Waals surface area contributed by atoms with Gasteiger partial charge in [0.25, 0.3) is 5.56 Å². The molecule has 2 heterocycles. The molecule has 7 heteroatoms. The van der Waals surface area contributed by atoms with Gasteiger partial charge in [-0.2, -0.15) is 0 Å². The van der Waals surface area contributed by atoms with Crippen molar-refractivity contribution < 1.29 is 9.53 Å². The third-order valence-electron chi connectivity index (χ3n) is 5.18. The molecule has 6 nitrogen and oxygen atoms in total. The van der Waals surface area contributed by atoms with Crippen LogP contribution >= 0.6 is 11.3 Å². The Morgan fingerprint density at radius 3 is 2.91 bits per heavy atom. The standard InChI is InChI=1S/C16H23N3O3S/c1-10-5-4-6-12(11(10)2)18-8-17-16-19(9-18)15(21)13(23-16)7-14(20)22-3/h7,10-12H,4-6,8-9H2,1-3H3/b13-7-/t10-,11-,12+/m0/s1. The number of carbonyl (C=O) groups excluding carboxylic acids is 1. The number of carbonyl (C=O) groups is 1. The second-order valence-electron chi connectivity index (χ2n) is 6.51. The van der Waals surface area contributed by atoms with E-state index in [-0.39, 0.29) is 5.56 Å². The van der Waals surface area contributed by atoms with Crippen LogP contribution in [0.5, 0.6) is 0 Å². The summed E-state index contributed by atoms with van der Waals surface area (Å²) in [6.45, 7) is 5.80. The summed E-state index contributed by atoms with van der Waals surface area (Å²) in [6.07, 6.45) is 4.93. The van der Waals surface area contributed by atoms with Crippen molar-refractivity contribution in [1.29, 1.82) is 0 Å². The molecule has 0 aromatic carbocycles. The Labute approximate surface area is 139 Å². The van der Waals surface area contributed by atoms with Crippen LogP contribution in [0.2, 0.25) is 0 Å². The largest absolute Gasteiger partial charge is 0.466 e. The Morgan fingerprint density at radius 2 is 2.17 bits per heavy atom. The lowest BCUT2D eigenvalue weighted by atomic mass is 9.77. The lowest BCUT2D eigenvalue weighted by molar-refractivity contribution is -0.133. The van der Waals surface area contributed by atoms with Crippen molar-refractivity contribution in [1.82, 2.24) is 9.47 Å². The highest BCUT2D eigenvalue weighted by molar-refractivity contribution is 7.07. The van der Waals surface area contributed by atoms with E-state index in [0.29, 0.717) is 40.5 Å². The van der Waals surface area contributed by atoms with Gasteiger partial charge in [-0.05, 0) is 18.3 Å². The van der Waals surface area contributed by atoms with Gasteiger partial charge in [0.15, 0.2) is 4.80 Å². The van der Waals surface area contributed by atoms with Crippen molar-refractivity contribution in [2.45, 2.75) is 45.8 Å². The van der Waals surface area contributed by atoms with Crippen molar-refractivity contribution in [3.63, 3.8) is 0 Å². The summed E-state index contributed by atoms with van der Waals surface area (Å²) < 4.78 is 6.67. The molecule has 2 aliphatic rings. The molecule has 0 amide bonds. The molecule has 1 aromatic heterocycles. The van der Waals surface area contributed by atoms with Crippen LogP contribution in [0.15, 0.2) is 9.79 Å². The first kappa shape index (κ1) is 16.4. The van der Waals surface area contributed by atoms with Crippen LogP contribution in [0.4, 0.5) is 0 Å². The Morgan fingerprint density at radius 1 is 1.39 bits per heavy atom. The molecule has 0 bridgehead atoms. The normalized spacial score (nSPS) is 29.0. The van der Waals surface area contributed by atoms with Crippen molar-refractivity contribution in [3.05, 3.63) is 19.7 Å². The van der Waals surface area contributed by atoms with E-state index in [1.54, 1.807) is 4.57 Å². The van der Waals surface area contributed by atoms with Gasteiger partial charge in [-0.1, -0.05) is 38.0 Å². The van der Waals surface area contributed by atoms with Gasteiger partial charge in [0.1, 0.15) is 4.53 Å². The summed E-state index contributed by atoms with van der Waals surface area (Å²) >= 11 is 1.26. The van der Waals surface area contributed by atoms with E-state index < -0.39 is 5.97 Å². The minimum absolute atomic E-state index is 0.152. The van der Waals surface area contributed by atoms with Crippen LogP contribution in [0.1, 0.15) is 33.1 Å². The van der Waals surface area contributed by atoms with Crippen molar-refractivity contribution in [2.24, 2.45) is 16.8 Å². The maximum absolute atomic E-state index is 12.5. The molecule has 1 aliphatic carbocycles. The average Bonchev–Trinajstić information content (AvgIpc) is 2.85. The number of fused-ring (bicyclic) bond motifs is 1. The zero-order valence-corrected chi connectivity index (χ0v) is 14.6. The highest BCUT2D eigenvalue weighted by Gasteiger charge is 2.32. The fourth-order valence-corrected chi connectivity index (χ4v) is 4.50. The van der Waals surface area contributed by atoms with Crippen LogP contribution in [0, 0.1) is 11.8 Å². The van der Waals surface area contributed by atoms with E-state index in [1.807, 2.05) is 0 Å². The highest BCUT2D eigenvalue weighted by atomic mass is 32.1. The maximum atomic E-state index is 12.5. The van der Waals surface area contributed by atoms with Gasteiger partial charge in [0, 0.05) is 12.1 Å². The smallest absolute Gasteiger partial charge is 0.332 e. The fraction of sp³-hybridized carbons (Fsp3) is 0.688. The second-order valence-corrected chi connectivity index (χ2v) is 7.52. The average molecular weight is 337 g/mol. The molecular weight excluding hydrogens is 314 g/mol. The van der Waals surface area contributed by atoms with E-state index in [0.717, 1.165) is 6.42 Å². The number of rotatable bonds is 2. The molecule has 3 rings (SSSR count). The van der Waals surface area contributed by atoms with Crippen LogP contribution < -0.4 is 14.9 Å². The van der Waals surface area contributed by atoms with Crippen molar-refractivity contribution >= 4 is 23.4 Å². The van der Waals surface area contributed by atoms with E-state index in [4.69, 9.17) is 0 Å². The monoisotopic (exact) mass is 337 g/mol. The summed E-state index contributed by atoms with van der Waals surface area (Å²) in [5.41, 5.74) is -0.152. The summed E-state index contributed by atoms with van der Waals surface area (Å²) in [7, 11) is 1.31. The third-order valence-corrected chi connectivity index (χ3v) is 6.23. The van der Waals surface area contributed by atoms with Crippen LogP contribution in [0.25, 0.3) is 6.08 Å². The number of esters is 1. The number of thiazole rings is 1. The molecule has 0 spiro atoms. The van der Waals surface area contributed by atoms with Gasteiger partial charge in [-0.15, -0.1) is 0 Å². The van der Waals surface area contributed by atoms with Crippen LogP contribution in [-0.2, 0) is 16.2 Å². The highest BCUT2D eigenvalue weighted by Crippen LogP contribution is 2.33. The number of methoxy groups -OCH3 is 1. The summed E-state index contributed by atoms with van der Waals surface area (Å²) in [5, 5.41) is 0. The molecule has 1 aliphatic heterocycles. The number of aromatic nitrogens is 1. The molecule has 23 heavy (non-hydrogen) atoms. The van der Waals surface area contributed by atoms with Gasteiger partial charge in [0.2, 0.25) is 0 Å². The summed E-state index contributed by atoms with van der Waals surface area (Å²) in [4.78, 5) is 31.4. The third kappa shape index (κ3) is 3.12. The van der Waals surface area contributed by atoms with Gasteiger partial charge < -0.3 is 4.74 Å². The van der Waals surface area contributed by atoms with Crippen LogP contribution in [-0.4, -0.2) is 35.3 Å². The summed E-state index contributed by atoms with van der Waals surface area (Å²) in [6, 6.07) is 0.468. The fourth-order valence-electron chi connectivity index (χ4n) is 3.57. The molecule has 0 saturated heterocycles. The van der Waals surface area contributed by atoms with Gasteiger partial charge in [0.05, 0.1) is 20.4 Å². The predicted molar refractivity (Wildman–Crippen MR) is 88.5 cm³/mol. The molecule has 126 valence electrons. The number of nitrogens with zero attached hydrogens (tertiary/aromatic N) is 3. The molecule has 1 saturated carbocycles. The van der Waals surface area contributed by atoms with Gasteiger partial charge in [-0.3, -0.25) is 14.3 Å². The number of hydrogen-bond acceptors (Lipinski definition) is 6. The van der Waals surface area contributed by atoms with Crippen LogP contribution in [0.3, 0.4) is 0 Å². The van der Waals surface area contributed by atoms with E-state index >= 15 is 0 Å². The topological polar surface area (TPSA) is 63.9 Å². The zero-order chi connectivity index (χ0) is 16.6. The predicted octanol–water partition coefficient (Wildman–Crippen LogP) is 0.538. The van der Waals surface area contributed by atoms with Crippen molar-refractivity contribution in [2.75, 3.05) is 13.8 Å².